The van der Waals surface area contributed by atoms with E-state index in [-0.39, 0.29) is 5.57 Å². The lowest BCUT2D eigenvalue weighted by atomic mass is 10.0. The normalized spacial score (nSPS) is 14.7. The van der Waals surface area contributed by atoms with Crippen LogP contribution in [0.1, 0.15) is 40.5 Å². The Morgan fingerprint density at radius 3 is 2.11 bits per heavy atom. The highest BCUT2D eigenvalue weighted by Gasteiger charge is 2.15. The van der Waals surface area contributed by atoms with Crippen molar-refractivity contribution < 1.29 is 0 Å². The predicted molar refractivity (Wildman–Crippen MR) is 76.5 cm³/mol. The van der Waals surface area contributed by atoms with Gasteiger partial charge >= 0.3 is 0 Å². The van der Waals surface area contributed by atoms with Crippen LogP contribution < -0.4 is 0 Å². The van der Waals surface area contributed by atoms with Crippen LogP contribution in [-0.2, 0) is 0 Å². The average molecular weight is 255 g/mol. The van der Waals surface area contributed by atoms with E-state index in [1.54, 1.807) is 0 Å². The fourth-order valence-corrected chi connectivity index (χ4v) is 2.23. The SMILES string of the molecule is CC1=CC(=C(C#N)C#N)C=C(C)N1CCCC(C)C. The van der Waals surface area contributed by atoms with E-state index in [1.165, 1.54) is 6.42 Å². The maximum Gasteiger partial charge on any atom is 0.137 e. The molecule has 0 unspecified atom stereocenters. The second-order valence-electron chi connectivity index (χ2n) is 5.31. The van der Waals surface area contributed by atoms with Gasteiger partial charge in [-0.15, -0.1) is 0 Å². The van der Waals surface area contributed by atoms with E-state index in [0.29, 0.717) is 0 Å². The van der Waals surface area contributed by atoms with Gasteiger partial charge in [0.1, 0.15) is 17.7 Å². The van der Waals surface area contributed by atoms with Crippen molar-refractivity contribution in [2.75, 3.05) is 6.54 Å². The van der Waals surface area contributed by atoms with Crippen LogP contribution in [0.5, 0.6) is 0 Å². The van der Waals surface area contributed by atoms with Crippen molar-refractivity contribution in [3.8, 4) is 12.1 Å². The quantitative estimate of drug-likeness (QED) is 0.716. The summed E-state index contributed by atoms with van der Waals surface area (Å²) in [6, 6.07) is 3.89. The fourth-order valence-electron chi connectivity index (χ4n) is 2.23. The summed E-state index contributed by atoms with van der Waals surface area (Å²) in [5.41, 5.74) is 3.10. The molecule has 1 rings (SSSR count). The van der Waals surface area contributed by atoms with Crippen LogP contribution in [0.4, 0.5) is 0 Å². The summed E-state index contributed by atoms with van der Waals surface area (Å²) in [4.78, 5) is 2.25. The Morgan fingerprint density at radius 1 is 1.16 bits per heavy atom. The maximum atomic E-state index is 8.92. The number of nitrogens with zero attached hydrogens (tertiary/aromatic N) is 3. The molecule has 0 aliphatic carbocycles. The van der Waals surface area contributed by atoms with Crippen molar-refractivity contribution in [1.82, 2.24) is 4.90 Å². The number of rotatable bonds is 4. The second kappa shape index (κ2) is 6.81. The molecule has 0 aromatic carbocycles. The molecule has 0 aromatic heterocycles. The summed E-state index contributed by atoms with van der Waals surface area (Å²) in [7, 11) is 0. The zero-order chi connectivity index (χ0) is 14.4. The Kier molecular flexibility index (Phi) is 5.39. The van der Waals surface area contributed by atoms with E-state index < -0.39 is 0 Å². The van der Waals surface area contributed by atoms with E-state index in [0.717, 1.165) is 35.9 Å². The topological polar surface area (TPSA) is 50.8 Å². The third-order valence-electron chi connectivity index (χ3n) is 3.26. The van der Waals surface area contributed by atoms with E-state index in [4.69, 9.17) is 10.5 Å². The zero-order valence-corrected chi connectivity index (χ0v) is 12.2. The molecule has 0 N–H and O–H groups in total. The number of nitriles is 2. The smallest absolute Gasteiger partial charge is 0.137 e. The van der Waals surface area contributed by atoms with E-state index in [1.807, 2.05) is 38.1 Å². The summed E-state index contributed by atoms with van der Waals surface area (Å²) in [6.45, 7) is 9.50. The highest BCUT2D eigenvalue weighted by atomic mass is 15.1. The highest BCUT2D eigenvalue weighted by molar-refractivity contribution is 5.53. The highest BCUT2D eigenvalue weighted by Crippen LogP contribution is 2.25. The van der Waals surface area contributed by atoms with Crippen molar-refractivity contribution in [1.29, 1.82) is 10.5 Å². The molecule has 100 valence electrons. The summed E-state index contributed by atoms with van der Waals surface area (Å²) >= 11 is 0. The van der Waals surface area contributed by atoms with Crippen LogP contribution >= 0.6 is 0 Å². The van der Waals surface area contributed by atoms with Gasteiger partial charge in [-0.05, 0) is 44.8 Å². The molecule has 19 heavy (non-hydrogen) atoms. The Labute approximate surface area is 116 Å². The van der Waals surface area contributed by atoms with Crippen LogP contribution in [0.25, 0.3) is 0 Å². The van der Waals surface area contributed by atoms with E-state index in [2.05, 4.69) is 18.7 Å². The Balaban J connectivity index is 2.86. The number of allylic oxidation sites excluding steroid dienone is 6. The third kappa shape index (κ3) is 4.00. The molecular formula is C16H21N3. The molecule has 3 heteroatoms. The molecule has 3 nitrogen and oxygen atoms in total. The zero-order valence-electron chi connectivity index (χ0n) is 12.2. The van der Waals surface area contributed by atoms with Crippen molar-refractivity contribution in [3.63, 3.8) is 0 Å². The largest absolute Gasteiger partial charge is 0.349 e. The van der Waals surface area contributed by atoms with Crippen LogP contribution in [-0.4, -0.2) is 11.4 Å². The predicted octanol–water partition coefficient (Wildman–Crippen LogP) is 3.89. The molecule has 0 spiro atoms. The lowest BCUT2D eigenvalue weighted by Crippen LogP contribution is -2.23. The summed E-state index contributed by atoms with van der Waals surface area (Å²) in [5.74, 6) is 0.720. The third-order valence-corrected chi connectivity index (χ3v) is 3.26. The van der Waals surface area contributed by atoms with Gasteiger partial charge in [-0.1, -0.05) is 13.8 Å². The van der Waals surface area contributed by atoms with Crippen LogP contribution in [0.15, 0.2) is 34.7 Å². The van der Waals surface area contributed by atoms with Gasteiger partial charge in [0.2, 0.25) is 0 Å². The summed E-state index contributed by atoms with van der Waals surface area (Å²) in [6.07, 6.45) is 6.20. The molecule has 1 aliphatic heterocycles. The van der Waals surface area contributed by atoms with Gasteiger partial charge in [0.25, 0.3) is 0 Å². The van der Waals surface area contributed by atoms with Crippen LogP contribution in [0, 0.1) is 28.6 Å². The monoisotopic (exact) mass is 255 g/mol. The van der Waals surface area contributed by atoms with E-state index in [9.17, 15) is 0 Å². The van der Waals surface area contributed by atoms with Gasteiger partial charge in [0, 0.05) is 23.5 Å². The Hall–Kier alpha value is -2.00. The lowest BCUT2D eigenvalue weighted by molar-refractivity contribution is 0.391. The second-order valence-corrected chi connectivity index (χ2v) is 5.31. The standard InChI is InChI=1S/C16H21N3/c1-12(2)6-5-7-19-13(3)8-15(9-14(19)4)16(10-17)11-18/h8-9,12H,5-7H2,1-4H3. The molecule has 0 amide bonds. The summed E-state index contributed by atoms with van der Waals surface area (Å²) in [5, 5.41) is 17.8. The van der Waals surface area contributed by atoms with Crippen molar-refractivity contribution in [2.45, 2.75) is 40.5 Å². The maximum absolute atomic E-state index is 8.92. The number of hydrogen-bond acceptors (Lipinski definition) is 3. The van der Waals surface area contributed by atoms with Gasteiger partial charge in [0.05, 0.1) is 0 Å². The molecule has 0 bridgehead atoms. The first-order chi connectivity index (χ1) is 8.99. The van der Waals surface area contributed by atoms with Gasteiger partial charge < -0.3 is 4.90 Å². The van der Waals surface area contributed by atoms with Gasteiger partial charge in [-0.2, -0.15) is 10.5 Å². The molecular weight excluding hydrogens is 234 g/mol. The minimum absolute atomic E-state index is 0.181. The first-order valence-electron chi connectivity index (χ1n) is 6.68. The van der Waals surface area contributed by atoms with Crippen molar-refractivity contribution in [3.05, 3.63) is 34.7 Å². The first kappa shape index (κ1) is 15.1. The Morgan fingerprint density at radius 2 is 1.68 bits per heavy atom. The number of hydrogen-bond donors (Lipinski definition) is 0. The molecule has 1 aliphatic rings. The van der Waals surface area contributed by atoms with Gasteiger partial charge in [-0.25, -0.2) is 0 Å². The Bertz CT molecular complexity index is 469. The minimum atomic E-state index is 0.181. The van der Waals surface area contributed by atoms with E-state index >= 15 is 0 Å². The van der Waals surface area contributed by atoms with Gasteiger partial charge in [-0.3, -0.25) is 0 Å². The van der Waals surface area contributed by atoms with Crippen LogP contribution in [0.2, 0.25) is 0 Å². The molecule has 0 aromatic rings. The molecule has 0 saturated heterocycles. The van der Waals surface area contributed by atoms with Crippen molar-refractivity contribution in [2.24, 2.45) is 5.92 Å². The first-order valence-corrected chi connectivity index (χ1v) is 6.68. The molecule has 0 atom stereocenters. The molecule has 0 fully saturated rings. The molecule has 1 heterocycles. The van der Waals surface area contributed by atoms with Gasteiger partial charge in [0.15, 0.2) is 0 Å². The fraction of sp³-hybridized carbons (Fsp3) is 0.500. The summed E-state index contributed by atoms with van der Waals surface area (Å²) < 4.78 is 0. The lowest BCUT2D eigenvalue weighted by Gasteiger charge is -2.30. The van der Waals surface area contributed by atoms with Crippen molar-refractivity contribution >= 4 is 0 Å². The van der Waals surface area contributed by atoms with Crippen LogP contribution in [0.3, 0.4) is 0 Å². The molecule has 0 radical (unpaired) electrons. The molecule has 0 saturated carbocycles. The minimum Gasteiger partial charge on any atom is -0.349 e. The average Bonchev–Trinajstić information content (AvgIpc) is 2.34.